The lowest BCUT2D eigenvalue weighted by atomic mass is 9.95. The average Bonchev–Trinajstić information content (AvgIpc) is 2.83. The quantitative estimate of drug-likeness (QED) is 0.535. The molecule has 6 heteroatoms. The Morgan fingerprint density at radius 2 is 1.94 bits per heavy atom. The van der Waals surface area contributed by atoms with Crippen molar-refractivity contribution >= 4 is 17.8 Å². The van der Waals surface area contributed by atoms with Crippen LogP contribution in [-0.2, 0) is 19.1 Å². The Bertz CT molecular complexity index is 328. The smallest absolute Gasteiger partial charge is 0.307 e. The number of esters is 1. The van der Waals surface area contributed by atoms with Crippen LogP contribution in [0.4, 0.5) is 0 Å². The second-order valence-electron chi connectivity index (χ2n) is 4.45. The molecule has 1 aliphatic rings. The Morgan fingerprint density at radius 3 is 2.56 bits per heavy atom. The third-order valence-corrected chi connectivity index (χ3v) is 3.25. The molecule has 0 bridgehead atoms. The summed E-state index contributed by atoms with van der Waals surface area (Å²) in [4.78, 5) is 33.6. The number of ether oxygens (including phenoxy) is 1. The van der Waals surface area contributed by atoms with Crippen LogP contribution in [-0.4, -0.2) is 36.6 Å². The van der Waals surface area contributed by atoms with E-state index in [1.54, 1.807) is 0 Å². The van der Waals surface area contributed by atoms with Gasteiger partial charge in [0.05, 0.1) is 18.9 Å². The van der Waals surface area contributed by atoms with Crippen LogP contribution in [0.3, 0.4) is 0 Å². The number of rotatable bonds is 6. The van der Waals surface area contributed by atoms with E-state index in [0.717, 1.165) is 6.42 Å². The van der Waals surface area contributed by atoms with Gasteiger partial charge in [-0.05, 0) is 19.3 Å². The molecule has 0 radical (unpaired) electrons. The van der Waals surface area contributed by atoms with E-state index < -0.39 is 17.8 Å². The Balaban J connectivity index is 2.28. The van der Waals surface area contributed by atoms with Gasteiger partial charge < -0.3 is 15.2 Å². The number of carbonyl (C=O) groups is 3. The molecule has 0 heterocycles. The number of carboxylic acid groups (broad SMARTS) is 1. The van der Waals surface area contributed by atoms with Crippen LogP contribution in [0.1, 0.15) is 32.1 Å². The Hall–Kier alpha value is -1.59. The maximum atomic E-state index is 11.8. The second kappa shape index (κ2) is 6.98. The SMILES string of the molecule is COC(=O)CCCNC(=O)C1CCCC1C(=O)O. The van der Waals surface area contributed by atoms with Gasteiger partial charge in [-0.15, -0.1) is 0 Å². The summed E-state index contributed by atoms with van der Waals surface area (Å²) in [5, 5.41) is 11.6. The highest BCUT2D eigenvalue weighted by Crippen LogP contribution is 2.31. The van der Waals surface area contributed by atoms with E-state index in [-0.39, 0.29) is 18.3 Å². The van der Waals surface area contributed by atoms with Crippen molar-refractivity contribution in [2.45, 2.75) is 32.1 Å². The van der Waals surface area contributed by atoms with Crippen LogP contribution in [0.5, 0.6) is 0 Å². The summed E-state index contributed by atoms with van der Waals surface area (Å²) in [6, 6.07) is 0. The molecule has 0 aromatic heterocycles. The molecule has 0 saturated heterocycles. The van der Waals surface area contributed by atoms with Crippen molar-refractivity contribution in [1.29, 1.82) is 0 Å². The first-order valence-corrected chi connectivity index (χ1v) is 6.13. The number of aliphatic carboxylic acids is 1. The van der Waals surface area contributed by atoms with Crippen molar-refractivity contribution in [1.82, 2.24) is 5.32 Å². The number of carboxylic acids is 1. The van der Waals surface area contributed by atoms with Gasteiger partial charge in [0.15, 0.2) is 0 Å². The van der Waals surface area contributed by atoms with Crippen molar-refractivity contribution in [2.24, 2.45) is 11.8 Å². The number of nitrogens with one attached hydrogen (secondary N) is 1. The van der Waals surface area contributed by atoms with E-state index in [0.29, 0.717) is 25.8 Å². The molecule has 6 nitrogen and oxygen atoms in total. The fraction of sp³-hybridized carbons (Fsp3) is 0.750. The van der Waals surface area contributed by atoms with E-state index in [2.05, 4.69) is 10.1 Å². The number of methoxy groups -OCH3 is 1. The zero-order valence-electron chi connectivity index (χ0n) is 10.5. The predicted octanol–water partition coefficient (Wildman–Crippen LogP) is 0.557. The normalized spacial score (nSPS) is 22.5. The first kappa shape index (κ1) is 14.5. The fourth-order valence-electron chi connectivity index (χ4n) is 2.25. The van der Waals surface area contributed by atoms with Crippen LogP contribution in [0.25, 0.3) is 0 Å². The molecule has 18 heavy (non-hydrogen) atoms. The summed E-state index contributed by atoms with van der Waals surface area (Å²) in [6.45, 7) is 0.372. The number of amides is 1. The largest absolute Gasteiger partial charge is 0.481 e. The number of hydrogen-bond donors (Lipinski definition) is 2. The minimum Gasteiger partial charge on any atom is -0.481 e. The lowest BCUT2D eigenvalue weighted by Gasteiger charge is -2.15. The van der Waals surface area contributed by atoms with Gasteiger partial charge in [0.1, 0.15) is 0 Å². The predicted molar refractivity (Wildman–Crippen MR) is 62.7 cm³/mol. The summed E-state index contributed by atoms with van der Waals surface area (Å²) in [5.41, 5.74) is 0. The van der Waals surface area contributed by atoms with Gasteiger partial charge in [0.25, 0.3) is 0 Å². The molecule has 2 atom stereocenters. The third-order valence-electron chi connectivity index (χ3n) is 3.25. The molecule has 2 unspecified atom stereocenters. The van der Waals surface area contributed by atoms with Crippen LogP contribution in [0, 0.1) is 11.8 Å². The molecule has 102 valence electrons. The van der Waals surface area contributed by atoms with E-state index >= 15 is 0 Å². The Kier molecular flexibility index (Phi) is 5.61. The summed E-state index contributed by atoms with van der Waals surface area (Å²) >= 11 is 0. The van der Waals surface area contributed by atoms with Gasteiger partial charge in [0.2, 0.25) is 5.91 Å². The summed E-state index contributed by atoms with van der Waals surface area (Å²) < 4.78 is 4.48. The topological polar surface area (TPSA) is 92.7 Å². The van der Waals surface area contributed by atoms with Gasteiger partial charge in [-0.25, -0.2) is 0 Å². The molecule has 0 aromatic rings. The molecular formula is C12H19NO5. The molecule has 2 N–H and O–H groups in total. The van der Waals surface area contributed by atoms with Crippen molar-refractivity contribution in [3.8, 4) is 0 Å². The zero-order chi connectivity index (χ0) is 13.5. The number of hydrogen-bond acceptors (Lipinski definition) is 4. The van der Waals surface area contributed by atoms with Gasteiger partial charge in [-0.2, -0.15) is 0 Å². The Labute approximate surface area is 106 Å². The molecule has 1 fully saturated rings. The molecule has 1 rings (SSSR count). The average molecular weight is 257 g/mol. The van der Waals surface area contributed by atoms with Gasteiger partial charge in [-0.3, -0.25) is 14.4 Å². The van der Waals surface area contributed by atoms with Gasteiger partial charge in [0, 0.05) is 13.0 Å². The van der Waals surface area contributed by atoms with E-state index in [1.807, 2.05) is 0 Å². The minimum atomic E-state index is -0.901. The van der Waals surface area contributed by atoms with Crippen molar-refractivity contribution in [3.63, 3.8) is 0 Å². The second-order valence-corrected chi connectivity index (χ2v) is 4.45. The highest BCUT2D eigenvalue weighted by molar-refractivity contribution is 5.85. The van der Waals surface area contributed by atoms with Crippen LogP contribution < -0.4 is 5.32 Å². The molecular weight excluding hydrogens is 238 g/mol. The monoisotopic (exact) mass is 257 g/mol. The maximum absolute atomic E-state index is 11.8. The lowest BCUT2D eigenvalue weighted by Crippen LogP contribution is -2.35. The summed E-state index contributed by atoms with van der Waals surface area (Å²) in [5.74, 6) is -2.42. The molecule has 1 saturated carbocycles. The highest BCUT2D eigenvalue weighted by atomic mass is 16.5. The molecule has 0 aliphatic heterocycles. The van der Waals surface area contributed by atoms with E-state index in [1.165, 1.54) is 7.11 Å². The van der Waals surface area contributed by atoms with E-state index in [9.17, 15) is 14.4 Å². The molecule has 1 amide bonds. The van der Waals surface area contributed by atoms with Crippen molar-refractivity contribution < 1.29 is 24.2 Å². The van der Waals surface area contributed by atoms with Gasteiger partial charge >= 0.3 is 11.9 Å². The lowest BCUT2D eigenvalue weighted by molar-refractivity contribution is -0.146. The summed E-state index contributed by atoms with van der Waals surface area (Å²) in [7, 11) is 1.32. The number of carbonyl (C=O) groups excluding carboxylic acids is 2. The van der Waals surface area contributed by atoms with Crippen LogP contribution >= 0.6 is 0 Å². The van der Waals surface area contributed by atoms with Crippen molar-refractivity contribution in [3.05, 3.63) is 0 Å². The standard InChI is InChI=1S/C12H19NO5/c1-18-10(14)6-3-7-13-11(15)8-4-2-5-9(8)12(16)17/h8-9H,2-7H2,1H3,(H,13,15)(H,16,17). The first-order chi connectivity index (χ1) is 8.56. The van der Waals surface area contributed by atoms with Crippen LogP contribution in [0.2, 0.25) is 0 Å². The highest BCUT2D eigenvalue weighted by Gasteiger charge is 2.37. The molecule has 0 aromatic carbocycles. The zero-order valence-corrected chi connectivity index (χ0v) is 10.5. The minimum absolute atomic E-state index is 0.218. The first-order valence-electron chi connectivity index (χ1n) is 6.13. The van der Waals surface area contributed by atoms with Crippen molar-refractivity contribution in [2.75, 3.05) is 13.7 Å². The Morgan fingerprint density at radius 1 is 1.28 bits per heavy atom. The fourth-order valence-corrected chi connectivity index (χ4v) is 2.25. The third kappa shape index (κ3) is 4.01. The van der Waals surface area contributed by atoms with Crippen LogP contribution in [0.15, 0.2) is 0 Å². The molecule has 1 aliphatic carbocycles. The maximum Gasteiger partial charge on any atom is 0.307 e. The molecule has 0 spiro atoms. The summed E-state index contributed by atoms with van der Waals surface area (Å²) in [6.07, 6.45) is 2.72. The van der Waals surface area contributed by atoms with Gasteiger partial charge in [-0.1, -0.05) is 6.42 Å². The van der Waals surface area contributed by atoms with E-state index in [4.69, 9.17) is 5.11 Å².